The third kappa shape index (κ3) is 3.24. The van der Waals surface area contributed by atoms with Gasteiger partial charge in [0.2, 0.25) is 11.8 Å². The van der Waals surface area contributed by atoms with Crippen LogP contribution in [0, 0.1) is 23.1 Å². The van der Waals surface area contributed by atoms with E-state index >= 15 is 0 Å². The van der Waals surface area contributed by atoms with Crippen LogP contribution in [0.25, 0.3) is 0 Å². The Morgan fingerprint density at radius 2 is 2.13 bits per heavy atom. The van der Waals surface area contributed by atoms with Gasteiger partial charge in [0.05, 0.1) is 41.6 Å². The molecule has 6 nitrogen and oxygen atoms in total. The van der Waals surface area contributed by atoms with Crippen LogP contribution < -0.4 is 15.4 Å². The van der Waals surface area contributed by atoms with Crippen LogP contribution in [0.3, 0.4) is 0 Å². The van der Waals surface area contributed by atoms with Crippen LogP contribution in [-0.2, 0) is 9.59 Å². The highest BCUT2D eigenvalue weighted by molar-refractivity contribution is 6.02. The van der Waals surface area contributed by atoms with Crippen molar-refractivity contribution in [2.24, 2.45) is 0 Å². The van der Waals surface area contributed by atoms with E-state index in [0.29, 0.717) is 0 Å². The van der Waals surface area contributed by atoms with Gasteiger partial charge >= 0.3 is 0 Å². The lowest BCUT2D eigenvalue weighted by atomic mass is 9.80. The zero-order valence-corrected chi connectivity index (χ0v) is 15.7. The van der Waals surface area contributed by atoms with Gasteiger partial charge in [-0.1, -0.05) is 6.08 Å². The fourth-order valence-electron chi connectivity index (χ4n) is 3.80. The van der Waals surface area contributed by atoms with E-state index in [1.54, 1.807) is 0 Å². The lowest BCUT2D eigenvalue weighted by Gasteiger charge is -2.33. The van der Waals surface area contributed by atoms with Gasteiger partial charge in [-0.15, -0.1) is 0 Å². The van der Waals surface area contributed by atoms with Crippen LogP contribution in [0.5, 0.6) is 5.75 Å². The van der Waals surface area contributed by atoms with Gasteiger partial charge in [0.15, 0.2) is 5.83 Å². The summed E-state index contributed by atoms with van der Waals surface area (Å²) in [5.41, 5.74) is 0.387. The minimum absolute atomic E-state index is 0.00330. The van der Waals surface area contributed by atoms with Gasteiger partial charge in [0.25, 0.3) is 0 Å². The fourth-order valence-corrected chi connectivity index (χ4v) is 3.80. The highest BCUT2D eigenvalue weighted by atomic mass is 19.2. The Bertz CT molecular complexity index is 1100. The van der Waals surface area contributed by atoms with Crippen molar-refractivity contribution in [1.29, 1.82) is 5.26 Å². The first-order valence-corrected chi connectivity index (χ1v) is 9.07. The molecule has 0 saturated carbocycles. The molecular weight excluding hydrogens is 399 g/mol. The van der Waals surface area contributed by atoms with E-state index in [0.717, 1.165) is 12.1 Å². The van der Waals surface area contributed by atoms with Crippen molar-refractivity contribution in [3.05, 3.63) is 69.9 Å². The number of benzene rings is 1. The number of ether oxygens (including phenoxy) is 1. The molecule has 0 saturated heterocycles. The van der Waals surface area contributed by atoms with Crippen molar-refractivity contribution in [1.82, 2.24) is 10.6 Å². The molecule has 2 heterocycles. The normalized spacial score (nSPS) is 22.8. The first-order chi connectivity index (χ1) is 14.3. The van der Waals surface area contributed by atoms with Crippen molar-refractivity contribution < 1.29 is 27.5 Å². The second kappa shape index (κ2) is 7.37. The molecule has 2 aliphatic heterocycles. The number of allylic oxidation sites excluding steroid dienone is 2. The van der Waals surface area contributed by atoms with Gasteiger partial charge < -0.3 is 15.4 Å². The maximum absolute atomic E-state index is 14.3. The number of fused-ring (bicyclic) bond motifs is 2. The van der Waals surface area contributed by atoms with Gasteiger partial charge in [0.1, 0.15) is 24.0 Å². The molecule has 2 atom stereocenters. The average molecular weight is 414 g/mol. The SMILES string of the molecule is CC1=C(CC(=O)N[C@@H]2COc3cc(C#N)cc(F)c32)C(=O)NC2C=CC(F)=C(F)[C]12. The van der Waals surface area contributed by atoms with E-state index in [1.807, 2.05) is 6.07 Å². The molecule has 1 aliphatic carbocycles. The standard InChI is InChI=1S/C21H15F3N3O3/c1-9-11(21(29)27-14-3-2-12(22)20(24)18(9)14)6-17(28)26-15-8-30-16-5-10(7-25)4-13(23)19(15)16/h2-5,14-15H,6,8H2,1H3,(H,26,28)(H,27,29)/t14?,15-/m1/s1. The zero-order valence-electron chi connectivity index (χ0n) is 15.7. The molecule has 3 aliphatic rings. The van der Waals surface area contributed by atoms with Gasteiger partial charge in [-0.05, 0) is 30.7 Å². The summed E-state index contributed by atoms with van der Waals surface area (Å²) >= 11 is 0. The molecule has 153 valence electrons. The van der Waals surface area contributed by atoms with Crippen molar-refractivity contribution in [3.8, 4) is 11.8 Å². The number of hydrogen-bond donors (Lipinski definition) is 2. The number of nitriles is 1. The Labute approximate surface area is 169 Å². The summed E-state index contributed by atoms with van der Waals surface area (Å²) in [5.74, 6) is -3.85. The summed E-state index contributed by atoms with van der Waals surface area (Å²) in [5, 5.41) is 14.0. The Kier molecular flexibility index (Phi) is 4.86. The third-order valence-corrected chi connectivity index (χ3v) is 5.26. The first-order valence-electron chi connectivity index (χ1n) is 9.07. The summed E-state index contributed by atoms with van der Waals surface area (Å²) in [4.78, 5) is 24.9. The quantitative estimate of drug-likeness (QED) is 0.796. The van der Waals surface area contributed by atoms with Gasteiger partial charge in [-0.25, -0.2) is 13.2 Å². The predicted molar refractivity (Wildman–Crippen MR) is 98.4 cm³/mol. The lowest BCUT2D eigenvalue weighted by Crippen LogP contribution is -2.46. The molecule has 1 unspecified atom stereocenters. The van der Waals surface area contributed by atoms with Crippen molar-refractivity contribution in [2.75, 3.05) is 6.61 Å². The molecule has 2 N–H and O–H groups in total. The Morgan fingerprint density at radius 3 is 2.87 bits per heavy atom. The number of hydrogen-bond acceptors (Lipinski definition) is 4. The molecule has 0 spiro atoms. The summed E-state index contributed by atoms with van der Waals surface area (Å²) in [6, 6.07) is 2.64. The fraction of sp³-hybridized carbons (Fsp3) is 0.238. The van der Waals surface area contributed by atoms with E-state index in [1.165, 1.54) is 19.1 Å². The Balaban J connectivity index is 1.54. The molecule has 9 heteroatoms. The van der Waals surface area contributed by atoms with Crippen LogP contribution in [0.4, 0.5) is 13.2 Å². The monoisotopic (exact) mass is 414 g/mol. The highest BCUT2D eigenvalue weighted by Crippen LogP contribution is 2.40. The molecule has 2 amide bonds. The minimum Gasteiger partial charge on any atom is -0.491 e. The molecule has 0 bridgehead atoms. The van der Waals surface area contributed by atoms with Gasteiger partial charge in [-0.3, -0.25) is 9.59 Å². The average Bonchev–Trinajstić information content (AvgIpc) is 3.10. The Morgan fingerprint density at radius 1 is 1.37 bits per heavy atom. The number of carbonyl (C=O) groups excluding carboxylic acids is 2. The molecule has 0 fully saturated rings. The molecule has 0 aromatic heterocycles. The molecule has 1 aromatic carbocycles. The highest BCUT2D eigenvalue weighted by Gasteiger charge is 2.40. The van der Waals surface area contributed by atoms with E-state index in [2.05, 4.69) is 10.6 Å². The molecule has 4 rings (SSSR count). The van der Waals surface area contributed by atoms with Crippen LogP contribution in [0.15, 0.2) is 47.1 Å². The molecule has 1 radical (unpaired) electrons. The summed E-state index contributed by atoms with van der Waals surface area (Å²) in [6.07, 6.45) is 1.87. The topological polar surface area (TPSA) is 91.2 Å². The smallest absolute Gasteiger partial charge is 0.248 e. The van der Waals surface area contributed by atoms with Crippen LogP contribution in [0.2, 0.25) is 0 Å². The zero-order chi connectivity index (χ0) is 21.6. The van der Waals surface area contributed by atoms with E-state index in [4.69, 9.17) is 10.00 Å². The second-order valence-corrected chi connectivity index (χ2v) is 7.08. The third-order valence-electron chi connectivity index (χ3n) is 5.26. The largest absolute Gasteiger partial charge is 0.491 e. The van der Waals surface area contributed by atoms with Crippen LogP contribution >= 0.6 is 0 Å². The predicted octanol–water partition coefficient (Wildman–Crippen LogP) is 2.75. The van der Waals surface area contributed by atoms with E-state index in [-0.39, 0.29) is 40.5 Å². The Hall–Kier alpha value is -3.54. The van der Waals surface area contributed by atoms with Gasteiger partial charge in [0, 0.05) is 5.57 Å². The lowest BCUT2D eigenvalue weighted by molar-refractivity contribution is -0.124. The van der Waals surface area contributed by atoms with Crippen LogP contribution in [-0.4, -0.2) is 24.5 Å². The minimum atomic E-state index is -1.08. The summed E-state index contributed by atoms with van der Waals surface area (Å²) in [6.45, 7) is 1.41. The van der Waals surface area contributed by atoms with Crippen molar-refractivity contribution >= 4 is 11.8 Å². The van der Waals surface area contributed by atoms with Crippen LogP contribution in [0.1, 0.15) is 30.5 Å². The van der Waals surface area contributed by atoms with Crippen molar-refractivity contribution in [3.63, 3.8) is 0 Å². The van der Waals surface area contributed by atoms with E-state index < -0.39 is 47.8 Å². The van der Waals surface area contributed by atoms with Gasteiger partial charge in [-0.2, -0.15) is 5.26 Å². The number of carbonyl (C=O) groups is 2. The number of nitrogens with one attached hydrogen (secondary N) is 2. The molecule has 1 aromatic rings. The summed E-state index contributed by atoms with van der Waals surface area (Å²) < 4.78 is 47.6. The van der Waals surface area contributed by atoms with Crippen molar-refractivity contribution in [2.45, 2.75) is 25.4 Å². The molecular formula is C21H15F3N3O3. The number of nitrogens with zero attached hydrogens (tertiary/aromatic N) is 1. The second-order valence-electron chi connectivity index (χ2n) is 7.08. The maximum Gasteiger partial charge on any atom is 0.248 e. The number of amides is 2. The first kappa shape index (κ1) is 19.8. The maximum atomic E-state index is 14.3. The summed E-state index contributed by atoms with van der Waals surface area (Å²) in [7, 11) is 0. The number of halogens is 3. The number of rotatable bonds is 3. The van der Waals surface area contributed by atoms with E-state index in [9.17, 15) is 22.8 Å². The molecule has 30 heavy (non-hydrogen) atoms.